The van der Waals surface area contributed by atoms with E-state index >= 15 is 0 Å². The van der Waals surface area contributed by atoms with Gasteiger partial charge in [0.15, 0.2) is 0 Å². The van der Waals surface area contributed by atoms with E-state index in [4.69, 9.17) is 4.74 Å². The minimum absolute atomic E-state index is 0.00181. The summed E-state index contributed by atoms with van der Waals surface area (Å²) in [4.78, 5) is 0. The van der Waals surface area contributed by atoms with Gasteiger partial charge in [0.2, 0.25) is 10.0 Å². The lowest BCUT2D eigenvalue weighted by molar-refractivity contribution is 0.0000644. The lowest BCUT2D eigenvalue weighted by atomic mass is 10.2. The van der Waals surface area contributed by atoms with Crippen LogP contribution in [0.25, 0.3) is 0 Å². The number of ether oxygens (including phenoxy) is 1. The van der Waals surface area contributed by atoms with Gasteiger partial charge in [-0.1, -0.05) is 6.92 Å². The van der Waals surface area contributed by atoms with E-state index < -0.39 is 15.6 Å². The highest BCUT2D eigenvalue weighted by Gasteiger charge is 2.26. The molecule has 0 aliphatic heterocycles. The van der Waals surface area contributed by atoms with E-state index in [1.165, 1.54) is 0 Å². The summed E-state index contributed by atoms with van der Waals surface area (Å²) >= 11 is 0. The molecule has 5 heteroatoms. The van der Waals surface area contributed by atoms with Crippen LogP contribution < -0.4 is 4.72 Å². The second-order valence-electron chi connectivity index (χ2n) is 4.64. The van der Waals surface area contributed by atoms with E-state index in [0.29, 0.717) is 6.61 Å². The monoisotopic (exact) mass is 237 g/mol. The fourth-order valence-electron chi connectivity index (χ4n) is 1.28. The number of sulfonamides is 1. The summed E-state index contributed by atoms with van der Waals surface area (Å²) in [7, 11) is -3.24. The third kappa shape index (κ3) is 7.76. The summed E-state index contributed by atoms with van der Waals surface area (Å²) in [6, 6.07) is -0.0722. The molecule has 0 aromatic carbocycles. The molecule has 0 saturated heterocycles. The molecule has 15 heavy (non-hydrogen) atoms. The first-order valence-electron chi connectivity index (χ1n) is 5.32. The van der Waals surface area contributed by atoms with Crippen LogP contribution in [-0.4, -0.2) is 32.4 Å². The lowest BCUT2D eigenvalue weighted by Gasteiger charge is -2.25. The van der Waals surface area contributed by atoms with E-state index in [-0.39, 0.29) is 11.8 Å². The maximum Gasteiger partial charge on any atom is 0.214 e. The quantitative estimate of drug-likeness (QED) is 0.730. The minimum atomic E-state index is -3.24. The van der Waals surface area contributed by atoms with Crippen molar-refractivity contribution in [3.63, 3.8) is 0 Å². The molecule has 0 unspecified atom stereocenters. The van der Waals surface area contributed by atoms with Crippen LogP contribution in [0.3, 0.4) is 0 Å². The van der Waals surface area contributed by atoms with Crippen molar-refractivity contribution in [3.8, 4) is 0 Å². The molecule has 0 spiro atoms. The lowest BCUT2D eigenvalue weighted by Crippen LogP contribution is -2.42. The average molecular weight is 237 g/mol. The number of hydrogen-bond donors (Lipinski definition) is 1. The van der Waals surface area contributed by atoms with Crippen LogP contribution in [0.5, 0.6) is 0 Å². The van der Waals surface area contributed by atoms with Gasteiger partial charge >= 0.3 is 0 Å². The van der Waals surface area contributed by atoms with Gasteiger partial charge in [0, 0.05) is 12.6 Å². The highest BCUT2D eigenvalue weighted by atomic mass is 32.2. The molecule has 1 N–H and O–H groups in total. The van der Waals surface area contributed by atoms with Gasteiger partial charge in [0.05, 0.1) is 11.4 Å². The molecule has 0 fully saturated rings. The predicted octanol–water partition coefficient (Wildman–Crippen LogP) is 1.52. The van der Waals surface area contributed by atoms with Crippen molar-refractivity contribution < 1.29 is 13.2 Å². The highest BCUT2D eigenvalue weighted by Crippen LogP contribution is 2.12. The summed E-state index contributed by atoms with van der Waals surface area (Å²) in [6.45, 7) is 9.78. The molecular formula is C10H23NO3S. The predicted molar refractivity (Wildman–Crippen MR) is 62.4 cm³/mol. The molecule has 0 aromatic rings. The Bertz CT molecular complexity index is 270. The van der Waals surface area contributed by atoms with Gasteiger partial charge in [0.1, 0.15) is 0 Å². The number of hydrogen-bond acceptors (Lipinski definition) is 3. The van der Waals surface area contributed by atoms with E-state index in [2.05, 4.69) is 4.72 Å². The summed E-state index contributed by atoms with van der Waals surface area (Å²) in [5, 5.41) is 0. The van der Waals surface area contributed by atoms with Crippen molar-refractivity contribution in [2.75, 3.05) is 12.4 Å². The Balaban J connectivity index is 4.30. The Labute approximate surface area is 93.4 Å². The number of nitrogens with one attached hydrogen (secondary N) is 1. The van der Waals surface area contributed by atoms with Crippen LogP contribution in [0.4, 0.5) is 0 Å². The normalized spacial score (nSPS) is 13.5. The van der Waals surface area contributed by atoms with Gasteiger partial charge < -0.3 is 4.74 Å². The molecule has 0 rings (SSSR count). The topological polar surface area (TPSA) is 55.4 Å². The molecule has 0 heterocycles. The second kappa shape index (κ2) is 5.82. The standard InChI is InChI=1S/C10H23NO3S/c1-6-7-14-10(4,5)8-15(12,13)11-9(2)3/h9,11H,6-8H2,1-5H3. The van der Waals surface area contributed by atoms with E-state index in [1.807, 2.05) is 6.92 Å². The van der Waals surface area contributed by atoms with Crippen LogP contribution in [0, 0.1) is 0 Å². The Morgan fingerprint density at radius 3 is 2.27 bits per heavy atom. The fraction of sp³-hybridized carbons (Fsp3) is 1.00. The summed E-state index contributed by atoms with van der Waals surface area (Å²) in [5.74, 6) is -0.00181. The molecule has 0 amide bonds. The minimum Gasteiger partial charge on any atom is -0.374 e. The summed E-state index contributed by atoms with van der Waals surface area (Å²) < 4.78 is 31.3. The van der Waals surface area contributed by atoms with Crippen LogP contribution in [0.1, 0.15) is 41.0 Å². The van der Waals surface area contributed by atoms with E-state index in [1.54, 1.807) is 27.7 Å². The molecule has 0 bridgehead atoms. The van der Waals surface area contributed by atoms with Gasteiger partial charge in [-0.05, 0) is 34.1 Å². The summed E-state index contributed by atoms with van der Waals surface area (Å²) in [5.41, 5.74) is -0.628. The zero-order chi connectivity index (χ0) is 12.1. The van der Waals surface area contributed by atoms with Crippen LogP contribution >= 0.6 is 0 Å². The molecule has 0 radical (unpaired) electrons. The Hall–Kier alpha value is -0.130. The van der Waals surface area contributed by atoms with Gasteiger partial charge in [-0.2, -0.15) is 0 Å². The van der Waals surface area contributed by atoms with Crippen molar-refractivity contribution in [2.45, 2.75) is 52.7 Å². The third-order valence-electron chi connectivity index (χ3n) is 1.65. The van der Waals surface area contributed by atoms with Crippen molar-refractivity contribution in [2.24, 2.45) is 0 Å². The average Bonchev–Trinajstić information content (AvgIpc) is 1.95. The molecule has 0 atom stereocenters. The maximum atomic E-state index is 11.6. The fourth-order valence-corrected chi connectivity index (χ4v) is 3.08. The summed E-state index contributed by atoms with van der Waals surface area (Å²) in [6.07, 6.45) is 0.890. The Kier molecular flexibility index (Phi) is 5.77. The van der Waals surface area contributed by atoms with Crippen LogP contribution in [-0.2, 0) is 14.8 Å². The van der Waals surface area contributed by atoms with Crippen LogP contribution in [0.15, 0.2) is 0 Å². The largest absolute Gasteiger partial charge is 0.374 e. The maximum absolute atomic E-state index is 11.6. The second-order valence-corrected chi connectivity index (χ2v) is 6.39. The third-order valence-corrected chi connectivity index (χ3v) is 3.56. The molecule has 4 nitrogen and oxygen atoms in total. The van der Waals surface area contributed by atoms with E-state index in [9.17, 15) is 8.42 Å². The van der Waals surface area contributed by atoms with Crippen molar-refractivity contribution in [3.05, 3.63) is 0 Å². The van der Waals surface area contributed by atoms with Crippen LogP contribution in [0.2, 0.25) is 0 Å². The van der Waals surface area contributed by atoms with Gasteiger partial charge in [-0.3, -0.25) is 0 Å². The van der Waals surface area contributed by atoms with Crippen molar-refractivity contribution >= 4 is 10.0 Å². The molecule has 0 aliphatic rings. The molecular weight excluding hydrogens is 214 g/mol. The number of rotatable bonds is 7. The first kappa shape index (κ1) is 14.9. The molecule has 0 aliphatic carbocycles. The van der Waals surface area contributed by atoms with Crippen molar-refractivity contribution in [1.29, 1.82) is 0 Å². The zero-order valence-electron chi connectivity index (χ0n) is 10.3. The SMILES string of the molecule is CCCOC(C)(C)CS(=O)(=O)NC(C)C. The van der Waals surface area contributed by atoms with Gasteiger partial charge in [0.25, 0.3) is 0 Å². The first-order chi connectivity index (χ1) is 6.68. The van der Waals surface area contributed by atoms with E-state index in [0.717, 1.165) is 6.42 Å². The van der Waals surface area contributed by atoms with Crippen molar-refractivity contribution in [1.82, 2.24) is 4.72 Å². The highest BCUT2D eigenvalue weighted by molar-refractivity contribution is 7.89. The Morgan fingerprint density at radius 2 is 1.87 bits per heavy atom. The smallest absolute Gasteiger partial charge is 0.214 e. The molecule has 0 aromatic heterocycles. The van der Waals surface area contributed by atoms with Gasteiger partial charge in [-0.25, -0.2) is 13.1 Å². The van der Waals surface area contributed by atoms with Gasteiger partial charge in [-0.15, -0.1) is 0 Å². The molecule has 0 saturated carbocycles. The molecule has 92 valence electrons. The first-order valence-corrected chi connectivity index (χ1v) is 6.98. The Morgan fingerprint density at radius 1 is 1.33 bits per heavy atom. The zero-order valence-corrected chi connectivity index (χ0v) is 11.1.